The number of carbonyl (C=O) groups is 2. The number of unbranched alkanes of at least 4 members (excludes halogenated alkanes) is 4. The third kappa shape index (κ3) is 5.17. The lowest BCUT2D eigenvalue weighted by molar-refractivity contribution is -0.129. The van der Waals surface area contributed by atoms with E-state index in [0.717, 1.165) is 19.3 Å². The smallest absolute Gasteiger partial charge is 0.242 e. The first-order valence-electron chi connectivity index (χ1n) is 8.36. The molecule has 1 aromatic rings. The normalized spacial score (nSPS) is 19.5. The topological polar surface area (TPSA) is 58.2 Å². The summed E-state index contributed by atoms with van der Waals surface area (Å²) in [4.78, 5) is 23.6. The molecule has 0 saturated heterocycles. The van der Waals surface area contributed by atoms with E-state index in [4.69, 9.17) is 0 Å². The molecule has 0 bridgehead atoms. The predicted octanol–water partition coefficient (Wildman–Crippen LogP) is 3.30. The van der Waals surface area contributed by atoms with Gasteiger partial charge in [0, 0.05) is 12.3 Å². The van der Waals surface area contributed by atoms with Gasteiger partial charge in [0.15, 0.2) is 0 Å². The fourth-order valence-electron chi connectivity index (χ4n) is 2.73. The molecule has 0 unspecified atom stereocenters. The van der Waals surface area contributed by atoms with Gasteiger partial charge in [0.1, 0.15) is 0 Å². The minimum Gasteiger partial charge on any atom is -0.273 e. The van der Waals surface area contributed by atoms with Gasteiger partial charge in [-0.3, -0.25) is 20.4 Å². The SMILES string of the molecule is CCCCCCCC(=O)NNC(=O)[C@@H]1C[C@@H]1c1ccccc1. The number of rotatable bonds is 8. The van der Waals surface area contributed by atoms with Crippen molar-refractivity contribution in [2.75, 3.05) is 0 Å². The van der Waals surface area contributed by atoms with E-state index in [0.29, 0.717) is 12.3 Å². The molecule has 2 amide bonds. The lowest BCUT2D eigenvalue weighted by Gasteiger charge is -2.07. The van der Waals surface area contributed by atoms with Crippen LogP contribution in [-0.2, 0) is 9.59 Å². The van der Waals surface area contributed by atoms with Crippen LogP contribution in [0.2, 0.25) is 0 Å². The molecule has 0 heterocycles. The minimum absolute atomic E-state index is 0.00717. The lowest BCUT2D eigenvalue weighted by atomic mass is 10.1. The van der Waals surface area contributed by atoms with Crippen molar-refractivity contribution in [3.63, 3.8) is 0 Å². The van der Waals surface area contributed by atoms with Crippen LogP contribution >= 0.6 is 0 Å². The van der Waals surface area contributed by atoms with Crippen molar-refractivity contribution in [3.8, 4) is 0 Å². The Morgan fingerprint density at radius 1 is 1.05 bits per heavy atom. The molecular formula is C18H26N2O2. The lowest BCUT2D eigenvalue weighted by Crippen LogP contribution is -2.42. The van der Waals surface area contributed by atoms with E-state index in [1.807, 2.05) is 30.3 Å². The first kappa shape index (κ1) is 16.5. The molecule has 0 aromatic heterocycles. The van der Waals surface area contributed by atoms with Crippen LogP contribution in [-0.4, -0.2) is 11.8 Å². The van der Waals surface area contributed by atoms with E-state index >= 15 is 0 Å². The van der Waals surface area contributed by atoms with Crippen LogP contribution in [0.25, 0.3) is 0 Å². The van der Waals surface area contributed by atoms with Gasteiger partial charge in [-0.15, -0.1) is 0 Å². The molecule has 4 nitrogen and oxygen atoms in total. The summed E-state index contributed by atoms with van der Waals surface area (Å²) in [5, 5.41) is 0. The summed E-state index contributed by atoms with van der Waals surface area (Å²) in [7, 11) is 0. The Bertz CT molecular complexity index is 487. The van der Waals surface area contributed by atoms with Crippen LogP contribution in [0, 0.1) is 5.92 Å². The molecule has 1 fully saturated rings. The number of benzene rings is 1. The largest absolute Gasteiger partial charge is 0.273 e. The van der Waals surface area contributed by atoms with E-state index < -0.39 is 0 Å². The molecular weight excluding hydrogens is 276 g/mol. The minimum atomic E-state index is -0.0956. The number of hydrogen-bond acceptors (Lipinski definition) is 2. The number of carbonyl (C=O) groups excluding carboxylic acids is 2. The molecule has 120 valence electrons. The van der Waals surface area contributed by atoms with Crippen LogP contribution in [0.1, 0.15) is 63.4 Å². The third-order valence-electron chi connectivity index (χ3n) is 4.19. The van der Waals surface area contributed by atoms with Crippen LogP contribution in [0.5, 0.6) is 0 Å². The van der Waals surface area contributed by atoms with Gasteiger partial charge in [0.05, 0.1) is 0 Å². The van der Waals surface area contributed by atoms with E-state index in [-0.39, 0.29) is 17.7 Å². The van der Waals surface area contributed by atoms with Crippen molar-refractivity contribution in [2.45, 2.75) is 57.8 Å². The van der Waals surface area contributed by atoms with Crippen molar-refractivity contribution in [3.05, 3.63) is 35.9 Å². The van der Waals surface area contributed by atoms with Gasteiger partial charge < -0.3 is 0 Å². The Labute approximate surface area is 132 Å². The van der Waals surface area contributed by atoms with Gasteiger partial charge in [-0.1, -0.05) is 62.9 Å². The van der Waals surface area contributed by atoms with Crippen molar-refractivity contribution in [1.29, 1.82) is 0 Å². The number of hydrazine groups is 1. The molecule has 4 heteroatoms. The molecule has 0 spiro atoms. The summed E-state index contributed by atoms with van der Waals surface area (Å²) in [5.41, 5.74) is 6.28. The highest BCUT2D eigenvalue weighted by Gasteiger charge is 2.43. The summed E-state index contributed by atoms with van der Waals surface area (Å²) in [6.07, 6.45) is 6.91. The van der Waals surface area contributed by atoms with E-state index in [1.165, 1.54) is 24.8 Å². The Hall–Kier alpha value is -1.84. The summed E-state index contributed by atoms with van der Waals surface area (Å²) in [5.74, 6) is 0.120. The van der Waals surface area contributed by atoms with Gasteiger partial charge >= 0.3 is 0 Å². The molecule has 1 aromatic carbocycles. The third-order valence-corrected chi connectivity index (χ3v) is 4.19. The van der Waals surface area contributed by atoms with Crippen LogP contribution in [0.4, 0.5) is 0 Å². The zero-order valence-electron chi connectivity index (χ0n) is 13.3. The Morgan fingerprint density at radius 2 is 1.77 bits per heavy atom. The maximum atomic E-state index is 12.0. The molecule has 1 aliphatic rings. The average molecular weight is 302 g/mol. The molecule has 1 aliphatic carbocycles. The first-order chi connectivity index (χ1) is 10.7. The highest BCUT2D eigenvalue weighted by atomic mass is 16.2. The molecule has 2 atom stereocenters. The first-order valence-corrected chi connectivity index (χ1v) is 8.36. The van der Waals surface area contributed by atoms with E-state index in [2.05, 4.69) is 17.8 Å². The molecule has 0 radical (unpaired) electrons. The predicted molar refractivity (Wildman–Crippen MR) is 87.0 cm³/mol. The van der Waals surface area contributed by atoms with E-state index in [9.17, 15) is 9.59 Å². The van der Waals surface area contributed by atoms with Gasteiger partial charge in [-0.2, -0.15) is 0 Å². The second kappa shape index (κ2) is 8.57. The number of hydrogen-bond donors (Lipinski definition) is 2. The van der Waals surface area contributed by atoms with Crippen LogP contribution < -0.4 is 10.9 Å². The summed E-state index contributed by atoms with van der Waals surface area (Å²) < 4.78 is 0. The standard InChI is InChI=1S/C18H26N2O2/c1-2-3-4-5-9-12-17(21)19-20-18(22)16-13-15(16)14-10-7-6-8-11-14/h6-8,10-11,15-16H,2-5,9,12-13H2,1H3,(H,19,21)(H,20,22)/t15-,16-/m1/s1. The van der Waals surface area contributed by atoms with Gasteiger partial charge in [-0.05, 0) is 24.3 Å². The highest BCUT2D eigenvalue weighted by Crippen LogP contribution is 2.47. The summed E-state index contributed by atoms with van der Waals surface area (Å²) >= 11 is 0. The average Bonchev–Trinajstić information content (AvgIpc) is 3.34. The fraction of sp³-hybridized carbons (Fsp3) is 0.556. The number of amides is 2. The van der Waals surface area contributed by atoms with Gasteiger partial charge in [0.25, 0.3) is 0 Å². The highest BCUT2D eigenvalue weighted by molar-refractivity contribution is 5.85. The Kier molecular flexibility index (Phi) is 6.44. The molecule has 2 rings (SSSR count). The van der Waals surface area contributed by atoms with Crippen molar-refractivity contribution < 1.29 is 9.59 Å². The maximum Gasteiger partial charge on any atom is 0.242 e. The van der Waals surface area contributed by atoms with Crippen LogP contribution in [0.15, 0.2) is 30.3 Å². The zero-order chi connectivity index (χ0) is 15.8. The van der Waals surface area contributed by atoms with Gasteiger partial charge in [-0.25, -0.2) is 0 Å². The fourth-order valence-corrected chi connectivity index (χ4v) is 2.73. The second-order valence-electron chi connectivity index (χ2n) is 6.06. The van der Waals surface area contributed by atoms with Crippen LogP contribution in [0.3, 0.4) is 0 Å². The zero-order valence-corrected chi connectivity index (χ0v) is 13.3. The van der Waals surface area contributed by atoms with E-state index in [1.54, 1.807) is 0 Å². The van der Waals surface area contributed by atoms with Crippen molar-refractivity contribution >= 4 is 11.8 Å². The van der Waals surface area contributed by atoms with Crippen molar-refractivity contribution in [1.82, 2.24) is 10.9 Å². The summed E-state index contributed by atoms with van der Waals surface area (Å²) in [6.45, 7) is 2.17. The molecule has 0 aliphatic heterocycles. The Morgan fingerprint density at radius 3 is 2.50 bits per heavy atom. The Balaban J connectivity index is 1.59. The monoisotopic (exact) mass is 302 g/mol. The summed E-state index contributed by atoms with van der Waals surface area (Å²) in [6, 6.07) is 10.0. The second-order valence-corrected chi connectivity index (χ2v) is 6.06. The number of nitrogens with one attached hydrogen (secondary N) is 2. The molecule has 22 heavy (non-hydrogen) atoms. The van der Waals surface area contributed by atoms with Crippen molar-refractivity contribution in [2.24, 2.45) is 5.92 Å². The molecule has 2 N–H and O–H groups in total. The maximum absolute atomic E-state index is 12.0. The molecule has 1 saturated carbocycles. The quantitative estimate of drug-likeness (QED) is 0.572. The van der Waals surface area contributed by atoms with Gasteiger partial charge in [0.2, 0.25) is 11.8 Å².